The van der Waals surface area contributed by atoms with Crippen LogP contribution in [0.5, 0.6) is 0 Å². The lowest BCUT2D eigenvalue weighted by Gasteiger charge is -2.07. The molecule has 3 heteroatoms. The van der Waals surface area contributed by atoms with E-state index in [4.69, 9.17) is 5.11 Å². The second-order valence-corrected chi connectivity index (χ2v) is 4.15. The molecule has 1 aliphatic heterocycles. The third-order valence-electron chi connectivity index (χ3n) is 1.59. The maximum Gasteiger partial charge on any atom is 0.0691 e. The number of rotatable bonds is 1. The van der Waals surface area contributed by atoms with Crippen molar-refractivity contribution in [3.8, 4) is 0 Å². The molecule has 0 aromatic heterocycles. The molecule has 1 fully saturated rings. The van der Waals surface area contributed by atoms with Gasteiger partial charge in [-0.3, -0.25) is 0 Å². The van der Waals surface area contributed by atoms with Crippen LogP contribution in [0.25, 0.3) is 0 Å². The molecule has 0 saturated carbocycles. The number of aliphatic hydroxyl groups is 2. The molecule has 1 saturated heterocycles. The van der Waals surface area contributed by atoms with Gasteiger partial charge in [-0.05, 0) is 6.42 Å². The van der Waals surface area contributed by atoms with Gasteiger partial charge in [0, 0.05) is 5.25 Å². The van der Waals surface area contributed by atoms with E-state index in [9.17, 15) is 5.11 Å². The molecule has 2 nitrogen and oxygen atoms in total. The van der Waals surface area contributed by atoms with Crippen LogP contribution >= 0.6 is 11.8 Å². The molecular weight excluding hydrogens is 136 g/mol. The molecule has 1 aliphatic rings. The van der Waals surface area contributed by atoms with E-state index in [0.29, 0.717) is 5.25 Å². The average molecular weight is 148 g/mol. The molecule has 2 N–H and O–H groups in total. The number of thioether (sulfide) groups is 1. The molecule has 0 aromatic rings. The topological polar surface area (TPSA) is 40.5 Å². The molecule has 54 valence electrons. The smallest absolute Gasteiger partial charge is 0.0691 e. The first kappa shape index (κ1) is 7.38. The summed E-state index contributed by atoms with van der Waals surface area (Å²) in [5.74, 6) is 0. The van der Waals surface area contributed by atoms with E-state index >= 15 is 0 Å². The predicted molar refractivity (Wildman–Crippen MR) is 38.6 cm³/mol. The summed E-state index contributed by atoms with van der Waals surface area (Å²) in [6.07, 6.45) is 0.547. The first-order valence-electron chi connectivity index (χ1n) is 3.18. The van der Waals surface area contributed by atoms with Crippen LogP contribution < -0.4 is 0 Å². The van der Waals surface area contributed by atoms with Gasteiger partial charge in [0.25, 0.3) is 0 Å². The summed E-state index contributed by atoms with van der Waals surface area (Å²) < 4.78 is 0. The molecule has 1 rings (SSSR count). The number of hydrogen-bond acceptors (Lipinski definition) is 3. The molecule has 3 atom stereocenters. The highest BCUT2D eigenvalue weighted by molar-refractivity contribution is 8.00. The Morgan fingerprint density at radius 3 is 2.56 bits per heavy atom. The maximum absolute atomic E-state index is 9.18. The van der Waals surface area contributed by atoms with E-state index in [-0.39, 0.29) is 18.0 Å². The summed E-state index contributed by atoms with van der Waals surface area (Å²) in [6.45, 7) is 2.18. The number of hydrogen-bond donors (Lipinski definition) is 2. The van der Waals surface area contributed by atoms with Gasteiger partial charge in [0.15, 0.2) is 0 Å². The van der Waals surface area contributed by atoms with E-state index in [1.165, 1.54) is 0 Å². The molecular formula is C6H12O2S. The Bertz CT molecular complexity index is 97.1. The fourth-order valence-electron chi connectivity index (χ4n) is 1.10. The van der Waals surface area contributed by atoms with Crippen molar-refractivity contribution in [1.29, 1.82) is 0 Å². The van der Waals surface area contributed by atoms with Gasteiger partial charge in [0.1, 0.15) is 0 Å². The van der Waals surface area contributed by atoms with E-state index in [0.717, 1.165) is 6.42 Å². The lowest BCUT2D eigenvalue weighted by molar-refractivity contribution is 0.142. The zero-order valence-electron chi connectivity index (χ0n) is 5.45. The van der Waals surface area contributed by atoms with Gasteiger partial charge in [-0.25, -0.2) is 0 Å². The van der Waals surface area contributed by atoms with E-state index in [1.807, 2.05) is 0 Å². The fraction of sp³-hybridized carbons (Fsp3) is 1.00. The van der Waals surface area contributed by atoms with Crippen LogP contribution in [0.1, 0.15) is 13.3 Å². The normalized spacial score (nSPS) is 43.7. The Kier molecular flexibility index (Phi) is 2.38. The highest BCUT2D eigenvalue weighted by Crippen LogP contribution is 2.32. The standard InChI is InChI=1S/C6H12O2S/c1-4-2-5(8)6(3-7)9-4/h4-8H,2-3H2,1H3. The minimum atomic E-state index is -0.282. The summed E-state index contributed by atoms with van der Waals surface area (Å²) in [5, 5.41) is 18.4. The van der Waals surface area contributed by atoms with E-state index in [2.05, 4.69) is 6.92 Å². The molecule has 0 amide bonds. The van der Waals surface area contributed by atoms with Crippen molar-refractivity contribution in [2.45, 2.75) is 29.9 Å². The highest BCUT2D eigenvalue weighted by Gasteiger charge is 2.29. The summed E-state index contributed by atoms with van der Waals surface area (Å²) in [7, 11) is 0. The molecule has 0 spiro atoms. The number of aliphatic hydroxyl groups excluding tert-OH is 2. The Morgan fingerprint density at radius 2 is 2.33 bits per heavy atom. The Labute approximate surface area is 59.3 Å². The Balaban J connectivity index is 2.38. The summed E-state index contributed by atoms with van der Waals surface area (Å²) in [5.41, 5.74) is 0. The molecule has 1 heterocycles. The van der Waals surface area contributed by atoms with Gasteiger partial charge in [-0.2, -0.15) is 11.8 Å². The Hall–Kier alpha value is 0.270. The second-order valence-electron chi connectivity index (χ2n) is 2.47. The second kappa shape index (κ2) is 2.90. The molecule has 0 radical (unpaired) electrons. The molecule has 0 aliphatic carbocycles. The molecule has 0 bridgehead atoms. The lowest BCUT2D eigenvalue weighted by atomic mass is 10.2. The monoisotopic (exact) mass is 148 g/mol. The van der Waals surface area contributed by atoms with E-state index in [1.54, 1.807) is 11.8 Å². The van der Waals surface area contributed by atoms with Crippen molar-refractivity contribution < 1.29 is 10.2 Å². The van der Waals surface area contributed by atoms with Crippen LogP contribution in [0, 0.1) is 0 Å². The highest BCUT2D eigenvalue weighted by atomic mass is 32.2. The van der Waals surface area contributed by atoms with Crippen molar-refractivity contribution in [3.63, 3.8) is 0 Å². The van der Waals surface area contributed by atoms with Crippen molar-refractivity contribution in [1.82, 2.24) is 0 Å². The first-order valence-corrected chi connectivity index (χ1v) is 4.12. The van der Waals surface area contributed by atoms with Gasteiger partial charge in [-0.1, -0.05) is 6.92 Å². The largest absolute Gasteiger partial charge is 0.395 e. The van der Waals surface area contributed by atoms with E-state index < -0.39 is 0 Å². The summed E-state index contributed by atoms with van der Waals surface area (Å²) in [6, 6.07) is 0. The van der Waals surface area contributed by atoms with Crippen molar-refractivity contribution in [2.75, 3.05) is 6.61 Å². The minimum Gasteiger partial charge on any atom is -0.395 e. The lowest BCUT2D eigenvalue weighted by Crippen LogP contribution is -2.20. The average Bonchev–Trinajstić information content (AvgIpc) is 2.10. The molecule has 3 unspecified atom stereocenters. The van der Waals surface area contributed by atoms with Gasteiger partial charge >= 0.3 is 0 Å². The molecule has 0 aromatic carbocycles. The Morgan fingerprint density at radius 1 is 1.67 bits per heavy atom. The van der Waals surface area contributed by atoms with Crippen LogP contribution in [-0.2, 0) is 0 Å². The molecule has 9 heavy (non-hydrogen) atoms. The van der Waals surface area contributed by atoms with Crippen LogP contribution in [0.15, 0.2) is 0 Å². The van der Waals surface area contributed by atoms with Crippen molar-refractivity contribution in [2.24, 2.45) is 0 Å². The van der Waals surface area contributed by atoms with Gasteiger partial charge in [-0.15, -0.1) is 0 Å². The van der Waals surface area contributed by atoms with Crippen LogP contribution in [0.3, 0.4) is 0 Å². The zero-order valence-corrected chi connectivity index (χ0v) is 6.27. The van der Waals surface area contributed by atoms with Gasteiger partial charge in [0.2, 0.25) is 0 Å². The van der Waals surface area contributed by atoms with Crippen molar-refractivity contribution in [3.05, 3.63) is 0 Å². The quantitative estimate of drug-likeness (QED) is 0.559. The third-order valence-corrected chi connectivity index (χ3v) is 3.06. The van der Waals surface area contributed by atoms with Crippen LogP contribution in [0.4, 0.5) is 0 Å². The summed E-state index contributed by atoms with van der Waals surface area (Å²) >= 11 is 1.67. The maximum atomic E-state index is 9.18. The fourth-order valence-corrected chi connectivity index (χ4v) is 2.38. The van der Waals surface area contributed by atoms with Gasteiger partial charge in [0.05, 0.1) is 18.0 Å². The SMILES string of the molecule is CC1CC(O)C(CO)S1. The van der Waals surface area contributed by atoms with Gasteiger partial charge < -0.3 is 10.2 Å². The predicted octanol–water partition coefficient (Wildman–Crippen LogP) is 0.234. The summed E-state index contributed by atoms with van der Waals surface area (Å²) in [4.78, 5) is 0. The van der Waals surface area contributed by atoms with Crippen LogP contribution in [-0.4, -0.2) is 33.4 Å². The van der Waals surface area contributed by atoms with Crippen LogP contribution in [0.2, 0.25) is 0 Å². The zero-order chi connectivity index (χ0) is 6.85. The third kappa shape index (κ3) is 1.60. The minimum absolute atomic E-state index is 0.0694. The first-order chi connectivity index (χ1) is 4.24. The van der Waals surface area contributed by atoms with Crippen molar-refractivity contribution >= 4 is 11.8 Å².